The van der Waals surface area contributed by atoms with Gasteiger partial charge in [0.2, 0.25) is 0 Å². The number of aromatic nitrogens is 1. The van der Waals surface area contributed by atoms with Crippen LogP contribution in [0, 0.1) is 0 Å². The Kier molecular flexibility index (Phi) is 5.45. The van der Waals surface area contributed by atoms with Crippen molar-refractivity contribution in [2.45, 2.75) is 19.3 Å². The number of esters is 1. The van der Waals surface area contributed by atoms with E-state index in [0.29, 0.717) is 5.56 Å². The second-order valence-electron chi connectivity index (χ2n) is 7.23. The van der Waals surface area contributed by atoms with E-state index >= 15 is 0 Å². The Morgan fingerprint density at radius 1 is 1.17 bits per heavy atom. The number of hydrogen-bond donors (Lipinski definition) is 0. The highest BCUT2D eigenvalue weighted by Gasteiger charge is 2.26. The fourth-order valence-corrected chi connectivity index (χ4v) is 4.26. The number of pyridine rings is 1. The molecule has 0 bridgehead atoms. The molecular weight excluding hydrogens is 384 g/mol. The van der Waals surface area contributed by atoms with Gasteiger partial charge in [0.1, 0.15) is 0 Å². The van der Waals surface area contributed by atoms with E-state index in [1.165, 1.54) is 9.78 Å². The first kappa shape index (κ1) is 19.3. The molecule has 0 unspecified atom stereocenters. The van der Waals surface area contributed by atoms with E-state index in [0.717, 1.165) is 47.0 Å². The lowest BCUT2D eigenvalue weighted by atomic mass is 9.86. The van der Waals surface area contributed by atoms with Gasteiger partial charge in [-0.05, 0) is 54.0 Å². The summed E-state index contributed by atoms with van der Waals surface area (Å²) in [5, 5.41) is 2.82. The van der Waals surface area contributed by atoms with Gasteiger partial charge in [-0.3, -0.25) is 4.79 Å². The number of nitrogens with zero attached hydrogens (tertiary/aromatic N) is 2. The zero-order valence-electron chi connectivity index (χ0n) is 16.5. The van der Waals surface area contributed by atoms with E-state index in [9.17, 15) is 9.59 Å². The molecule has 1 aliphatic rings. The van der Waals surface area contributed by atoms with Crippen molar-refractivity contribution in [1.82, 2.24) is 9.88 Å². The third-order valence-corrected chi connectivity index (χ3v) is 5.88. The number of amides is 1. The number of hydrogen-bond acceptors (Lipinski definition) is 5. The minimum Gasteiger partial charge on any atom is -0.452 e. The van der Waals surface area contributed by atoms with Crippen LogP contribution in [0.25, 0.3) is 22.6 Å². The smallest absolute Gasteiger partial charge is 0.339 e. The topological polar surface area (TPSA) is 59.5 Å². The molecule has 2 heterocycles. The monoisotopic (exact) mass is 406 g/mol. The van der Waals surface area contributed by atoms with Gasteiger partial charge >= 0.3 is 5.97 Å². The highest BCUT2D eigenvalue weighted by molar-refractivity contribution is 7.10. The Bertz CT molecular complexity index is 1100. The number of thiophene rings is 1. The van der Waals surface area contributed by atoms with Gasteiger partial charge in [0.25, 0.3) is 5.91 Å². The predicted octanol–water partition coefficient (Wildman–Crippen LogP) is 4.42. The largest absolute Gasteiger partial charge is 0.452 e. The van der Waals surface area contributed by atoms with Gasteiger partial charge in [-0.15, -0.1) is 11.3 Å². The molecule has 0 aliphatic heterocycles. The third kappa shape index (κ3) is 3.93. The maximum Gasteiger partial charge on any atom is 0.339 e. The lowest BCUT2D eigenvalue weighted by Gasteiger charge is -2.22. The minimum atomic E-state index is -0.465. The Labute approximate surface area is 173 Å². The normalized spacial score (nSPS) is 14.6. The number of likely N-dealkylation sites (N-methyl/N-ethyl adjacent to an activating group) is 1. The Morgan fingerprint density at radius 3 is 2.76 bits per heavy atom. The standard InChI is InChI=1S/C23H22N2O3S/c1-25(2)20(26)14-28-23(27)21-17-9-3-4-11-19(17)24-22-15(7-5-10-18(21)22)13-16-8-6-12-29-16/h3-4,6,8-9,11-13H,5,7,10,14H2,1-2H3. The number of carbonyl (C=O) groups is 2. The quantitative estimate of drug-likeness (QED) is 0.602. The van der Waals surface area contributed by atoms with Crippen LogP contribution in [-0.2, 0) is 16.0 Å². The molecule has 0 saturated heterocycles. The summed E-state index contributed by atoms with van der Waals surface area (Å²) in [5.74, 6) is -0.712. The number of rotatable bonds is 4. The number of ether oxygens (including phenoxy) is 1. The van der Waals surface area contributed by atoms with Crippen molar-refractivity contribution in [3.05, 3.63) is 63.5 Å². The van der Waals surface area contributed by atoms with Gasteiger partial charge in [-0.1, -0.05) is 24.3 Å². The van der Waals surface area contributed by atoms with Gasteiger partial charge in [-0.2, -0.15) is 0 Å². The molecule has 29 heavy (non-hydrogen) atoms. The first-order chi connectivity index (χ1) is 14.0. The molecule has 0 atom stereocenters. The molecule has 1 aliphatic carbocycles. The summed E-state index contributed by atoms with van der Waals surface area (Å²) < 4.78 is 5.39. The summed E-state index contributed by atoms with van der Waals surface area (Å²) in [6.07, 6.45) is 4.79. The maximum absolute atomic E-state index is 13.0. The third-order valence-electron chi connectivity index (χ3n) is 5.06. The minimum absolute atomic E-state index is 0.246. The molecule has 5 nitrogen and oxygen atoms in total. The molecule has 1 amide bonds. The van der Waals surface area contributed by atoms with E-state index in [-0.39, 0.29) is 12.5 Å². The van der Waals surface area contributed by atoms with Crippen molar-refractivity contribution in [2.75, 3.05) is 20.7 Å². The molecule has 148 valence electrons. The van der Waals surface area contributed by atoms with Crippen LogP contribution in [-0.4, -0.2) is 42.5 Å². The van der Waals surface area contributed by atoms with Crippen LogP contribution in [0.4, 0.5) is 0 Å². The van der Waals surface area contributed by atoms with Crippen molar-refractivity contribution >= 4 is 45.8 Å². The molecule has 0 radical (unpaired) electrons. The summed E-state index contributed by atoms with van der Waals surface area (Å²) in [6, 6.07) is 11.7. The van der Waals surface area contributed by atoms with Crippen molar-refractivity contribution in [3.63, 3.8) is 0 Å². The summed E-state index contributed by atoms with van der Waals surface area (Å²) in [5.41, 5.74) is 4.22. The van der Waals surface area contributed by atoms with Gasteiger partial charge in [-0.25, -0.2) is 9.78 Å². The van der Waals surface area contributed by atoms with E-state index in [1.807, 2.05) is 30.3 Å². The average molecular weight is 407 g/mol. The number of fused-ring (bicyclic) bond motifs is 2. The second-order valence-corrected chi connectivity index (χ2v) is 8.21. The Hall–Kier alpha value is -2.99. The van der Waals surface area contributed by atoms with Crippen LogP contribution >= 0.6 is 11.3 Å². The molecule has 0 spiro atoms. The SMILES string of the molecule is CN(C)C(=O)COC(=O)c1c2c(nc3ccccc13)C(=Cc1cccs1)CCC2. The number of para-hydroxylation sites is 1. The second kappa shape index (κ2) is 8.17. The molecule has 4 rings (SSSR count). The lowest BCUT2D eigenvalue weighted by Crippen LogP contribution is -2.28. The van der Waals surface area contributed by atoms with Crippen LogP contribution in [0.3, 0.4) is 0 Å². The lowest BCUT2D eigenvalue weighted by molar-refractivity contribution is -0.131. The molecule has 1 aromatic carbocycles. The molecule has 6 heteroatoms. The summed E-state index contributed by atoms with van der Waals surface area (Å²) in [6.45, 7) is -0.269. The molecule has 3 aromatic rings. The number of carbonyl (C=O) groups excluding carboxylic acids is 2. The van der Waals surface area contributed by atoms with Crippen molar-refractivity contribution in [3.8, 4) is 0 Å². The zero-order chi connectivity index (χ0) is 20.4. The summed E-state index contributed by atoms with van der Waals surface area (Å²) in [7, 11) is 3.28. The zero-order valence-corrected chi connectivity index (χ0v) is 17.3. The fourth-order valence-electron chi connectivity index (χ4n) is 3.58. The van der Waals surface area contributed by atoms with Crippen LogP contribution in [0.15, 0.2) is 41.8 Å². The summed E-state index contributed by atoms with van der Waals surface area (Å²) in [4.78, 5) is 32.4. The molecule has 0 N–H and O–H groups in total. The number of benzene rings is 1. The van der Waals surface area contributed by atoms with Gasteiger partial charge in [0.05, 0.1) is 16.8 Å². The highest BCUT2D eigenvalue weighted by atomic mass is 32.1. The van der Waals surface area contributed by atoms with Gasteiger partial charge < -0.3 is 9.64 Å². The molecular formula is C23H22N2O3S. The highest BCUT2D eigenvalue weighted by Crippen LogP contribution is 2.36. The Balaban J connectivity index is 1.81. The number of allylic oxidation sites excluding steroid dienone is 1. The van der Waals surface area contributed by atoms with E-state index in [1.54, 1.807) is 25.4 Å². The summed E-state index contributed by atoms with van der Waals surface area (Å²) >= 11 is 1.68. The van der Waals surface area contributed by atoms with Crippen LogP contribution in [0.2, 0.25) is 0 Å². The van der Waals surface area contributed by atoms with Gasteiger partial charge in [0.15, 0.2) is 6.61 Å². The van der Waals surface area contributed by atoms with Crippen molar-refractivity contribution in [1.29, 1.82) is 0 Å². The van der Waals surface area contributed by atoms with E-state index in [2.05, 4.69) is 17.5 Å². The Morgan fingerprint density at radius 2 is 2.00 bits per heavy atom. The van der Waals surface area contributed by atoms with E-state index < -0.39 is 5.97 Å². The molecule has 0 fully saturated rings. The van der Waals surface area contributed by atoms with Crippen molar-refractivity contribution in [2.24, 2.45) is 0 Å². The first-order valence-corrected chi connectivity index (χ1v) is 10.5. The maximum atomic E-state index is 13.0. The fraction of sp³-hybridized carbons (Fsp3) is 0.261. The van der Waals surface area contributed by atoms with Gasteiger partial charge in [0, 0.05) is 24.4 Å². The molecule has 0 saturated carbocycles. The van der Waals surface area contributed by atoms with E-state index in [4.69, 9.17) is 9.72 Å². The predicted molar refractivity (Wildman–Crippen MR) is 116 cm³/mol. The molecule has 2 aromatic heterocycles. The van der Waals surface area contributed by atoms with Crippen molar-refractivity contribution < 1.29 is 14.3 Å². The first-order valence-electron chi connectivity index (χ1n) is 9.58. The van der Waals surface area contributed by atoms with Crippen LogP contribution in [0.5, 0.6) is 0 Å². The van der Waals surface area contributed by atoms with Crippen LogP contribution in [0.1, 0.15) is 39.3 Å². The average Bonchev–Trinajstić information content (AvgIpc) is 3.23. The van der Waals surface area contributed by atoms with Crippen LogP contribution < -0.4 is 0 Å².